The van der Waals surface area contributed by atoms with Gasteiger partial charge in [0.05, 0.1) is 33.0 Å². The van der Waals surface area contributed by atoms with E-state index in [1.807, 2.05) is 6.07 Å². The Morgan fingerprint density at radius 3 is 2.39 bits per heavy atom. The van der Waals surface area contributed by atoms with Crippen molar-refractivity contribution in [1.82, 2.24) is 4.98 Å². The van der Waals surface area contributed by atoms with Crippen molar-refractivity contribution in [2.75, 3.05) is 16.8 Å². The highest BCUT2D eigenvalue weighted by Gasteiger charge is 2.70. The van der Waals surface area contributed by atoms with Crippen LogP contribution in [0.2, 0.25) is 0 Å². The van der Waals surface area contributed by atoms with Gasteiger partial charge < -0.3 is 15.0 Å². The molecule has 51 heavy (non-hydrogen) atoms. The minimum Gasteiger partial charge on any atom is -0.483 e. The number of imide groups is 1. The Morgan fingerprint density at radius 1 is 0.980 bits per heavy atom. The van der Waals surface area contributed by atoms with Gasteiger partial charge in [-0.2, -0.15) is 13.2 Å². The number of ether oxygens (including phenoxy) is 1. The first-order valence-corrected chi connectivity index (χ1v) is 19.0. The maximum Gasteiger partial charge on any atom is 0.416 e. The summed E-state index contributed by atoms with van der Waals surface area (Å²) in [6.07, 6.45) is -4.08. The predicted octanol–water partition coefficient (Wildman–Crippen LogP) is 4.80. The second-order valence-electron chi connectivity index (χ2n) is 13.0. The van der Waals surface area contributed by atoms with Crippen LogP contribution in [-0.2, 0) is 30.6 Å². The number of carbonyl (C=O) groups excluding carboxylic acids is 3. The number of nitrogens with two attached hydrogens (primary N) is 1. The molecule has 3 amide bonds. The number of sulfonamides is 1. The fraction of sp³-hybridized carbons (Fsp3) is 0.294. The van der Waals surface area contributed by atoms with Gasteiger partial charge in [-0.1, -0.05) is 35.6 Å². The molecular formula is C34H27F3N4O7S3. The van der Waals surface area contributed by atoms with Crippen molar-refractivity contribution in [2.45, 2.75) is 33.7 Å². The van der Waals surface area contributed by atoms with Crippen LogP contribution in [0.4, 0.5) is 24.5 Å². The summed E-state index contributed by atoms with van der Waals surface area (Å²) in [5.74, 6) is -3.86. The van der Waals surface area contributed by atoms with Gasteiger partial charge in [-0.3, -0.25) is 24.1 Å². The maximum absolute atomic E-state index is 14.0. The predicted molar refractivity (Wildman–Crippen MR) is 181 cm³/mol. The first-order chi connectivity index (χ1) is 24.2. The highest BCUT2D eigenvalue weighted by atomic mass is 32.2. The van der Waals surface area contributed by atoms with E-state index in [0.717, 1.165) is 33.2 Å². The van der Waals surface area contributed by atoms with E-state index in [-0.39, 0.29) is 38.5 Å². The van der Waals surface area contributed by atoms with Crippen molar-refractivity contribution in [1.29, 1.82) is 0 Å². The molecule has 1 saturated heterocycles. The zero-order valence-electron chi connectivity index (χ0n) is 26.1. The van der Waals surface area contributed by atoms with Gasteiger partial charge in [-0.05, 0) is 72.7 Å². The number of amides is 3. The van der Waals surface area contributed by atoms with E-state index < -0.39 is 63.8 Å². The first kappa shape index (κ1) is 33.7. The quantitative estimate of drug-likeness (QED) is 0.226. The van der Waals surface area contributed by atoms with Crippen molar-refractivity contribution in [3.63, 3.8) is 0 Å². The molecule has 1 aromatic heterocycles. The van der Waals surface area contributed by atoms with Crippen LogP contribution in [0.5, 0.6) is 5.75 Å². The number of hydrogen-bond acceptors (Lipinski definition) is 9. The molecule has 3 fully saturated rings. The van der Waals surface area contributed by atoms with E-state index in [0.29, 0.717) is 28.4 Å². The van der Waals surface area contributed by atoms with Gasteiger partial charge in [-0.15, -0.1) is 11.8 Å². The average Bonchev–Trinajstić information content (AvgIpc) is 3.82. The molecule has 8 rings (SSSR count). The minimum atomic E-state index is -4.65. The van der Waals surface area contributed by atoms with E-state index in [1.165, 1.54) is 48.2 Å². The zero-order chi connectivity index (χ0) is 36.0. The summed E-state index contributed by atoms with van der Waals surface area (Å²) < 4.78 is 69.8. The van der Waals surface area contributed by atoms with Crippen molar-refractivity contribution >= 4 is 62.2 Å². The number of alkyl halides is 3. The van der Waals surface area contributed by atoms with Gasteiger partial charge in [-0.25, -0.2) is 13.6 Å². The van der Waals surface area contributed by atoms with Crippen LogP contribution in [0.1, 0.15) is 28.3 Å². The molecule has 4 N–H and O–H groups in total. The molecular weight excluding hydrogens is 730 g/mol. The van der Waals surface area contributed by atoms with E-state index in [4.69, 9.17) is 9.88 Å². The number of benzene rings is 3. The fourth-order valence-corrected chi connectivity index (χ4v) is 11.8. The summed E-state index contributed by atoms with van der Waals surface area (Å²) in [6, 6.07) is 16.6. The maximum atomic E-state index is 14.0. The number of aromatic nitrogens is 1. The normalized spacial score (nSPS) is 26.5. The largest absolute Gasteiger partial charge is 0.483 e. The Hall–Kier alpha value is -4.45. The molecule has 2 aliphatic carbocycles. The molecule has 17 heteroatoms. The topological polar surface area (TPSA) is 169 Å². The van der Waals surface area contributed by atoms with Crippen molar-refractivity contribution in [2.24, 2.45) is 34.7 Å². The minimum absolute atomic E-state index is 0.110. The number of thioether (sulfide) groups is 1. The van der Waals surface area contributed by atoms with Gasteiger partial charge in [0, 0.05) is 27.3 Å². The Balaban J connectivity index is 1.09. The highest BCUT2D eigenvalue weighted by molar-refractivity contribution is 8.00. The smallest absolute Gasteiger partial charge is 0.416 e. The monoisotopic (exact) mass is 756 g/mol. The van der Waals surface area contributed by atoms with Crippen LogP contribution in [-0.4, -0.2) is 43.0 Å². The lowest BCUT2D eigenvalue weighted by Gasteiger charge is -2.43. The summed E-state index contributed by atoms with van der Waals surface area (Å²) in [7, 11) is -3.91. The van der Waals surface area contributed by atoms with E-state index >= 15 is 0 Å². The SMILES string of the molecule is NS(=O)(=O)c1ccc(NC(=O)COc2ccccc2[C@@H]2c3sc(=O)[nH]c3S[C@@H]3[C@@H]4C[C@@H]([C@@H]5C(=O)N(c6cccc(C(F)(F)F)c6)C(=O)[C@@H]45)[C@H]23)cc1. The van der Waals surface area contributed by atoms with Crippen LogP contribution in [0.3, 0.4) is 0 Å². The number of H-pyrrole nitrogens is 1. The molecule has 264 valence electrons. The van der Waals surface area contributed by atoms with Crippen molar-refractivity contribution in [3.8, 4) is 5.75 Å². The number of halogens is 3. The van der Waals surface area contributed by atoms with Gasteiger partial charge in [0.25, 0.3) is 5.91 Å². The van der Waals surface area contributed by atoms with Gasteiger partial charge in [0.1, 0.15) is 5.75 Å². The lowest BCUT2D eigenvalue weighted by molar-refractivity contribution is -0.137. The van der Waals surface area contributed by atoms with Crippen LogP contribution in [0.25, 0.3) is 0 Å². The van der Waals surface area contributed by atoms with E-state index in [2.05, 4.69) is 10.3 Å². The number of thiazole rings is 1. The number of carbonyl (C=O) groups is 3. The molecule has 11 nitrogen and oxygen atoms in total. The molecule has 7 atom stereocenters. The molecule has 3 heterocycles. The lowest BCUT2D eigenvalue weighted by atomic mass is 9.68. The van der Waals surface area contributed by atoms with E-state index in [9.17, 15) is 40.8 Å². The molecule has 4 aliphatic rings. The number of para-hydroxylation sites is 1. The Bertz CT molecular complexity index is 2270. The Labute approximate surface area is 296 Å². The number of nitrogens with one attached hydrogen (secondary N) is 2. The standard InChI is InChI=1S/C34H27F3N4O7S3/c35-34(36,37)15-4-3-5-17(12-15)41-31(43)26-20-13-21(27(26)32(41)44)28-25(20)24(29-30(49-28)40-33(45)50-29)19-6-1-2-7-22(19)48-14-23(42)39-16-8-10-18(11-9-16)51(38,46)47/h1-12,20-21,24-28H,13-14H2,(H,39,42)(H,40,45)(H2,38,46,47)/t20-,21-,24+,25-,26+,27+,28-/m1/s1. The summed E-state index contributed by atoms with van der Waals surface area (Å²) in [6.45, 7) is -0.407. The van der Waals surface area contributed by atoms with Crippen LogP contribution in [0.15, 0.2) is 87.5 Å². The first-order valence-electron chi connectivity index (χ1n) is 15.8. The van der Waals surface area contributed by atoms with Gasteiger partial charge in [0.15, 0.2) is 6.61 Å². The number of nitrogens with zero attached hydrogens (tertiary/aromatic N) is 1. The third kappa shape index (κ3) is 5.66. The summed E-state index contributed by atoms with van der Waals surface area (Å²) in [5, 5.41) is 8.26. The van der Waals surface area contributed by atoms with Gasteiger partial charge in [0.2, 0.25) is 21.8 Å². The summed E-state index contributed by atoms with van der Waals surface area (Å²) in [5.41, 5.74) is -0.0555. The van der Waals surface area contributed by atoms with E-state index in [1.54, 1.807) is 18.2 Å². The van der Waals surface area contributed by atoms with Crippen LogP contribution < -0.4 is 25.0 Å². The second-order valence-corrected chi connectivity index (χ2v) is 16.7. The third-order valence-corrected chi connectivity index (χ3v) is 13.8. The van der Waals surface area contributed by atoms with Crippen molar-refractivity contribution in [3.05, 3.63) is 98.5 Å². The molecule has 0 unspecified atom stereocenters. The van der Waals surface area contributed by atoms with Gasteiger partial charge >= 0.3 is 11.0 Å². The second kappa shape index (κ2) is 12.1. The molecule has 2 bridgehead atoms. The summed E-state index contributed by atoms with van der Waals surface area (Å²) in [4.78, 5) is 57.7. The van der Waals surface area contributed by atoms with Crippen LogP contribution >= 0.6 is 23.1 Å². The highest BCUT2D eigenvalue weighted by Crippen LogP contribution is 2.69. The van der Waals surface area contributed by atoms with Crippen LogP contribution in [0, 0.1) is 29.6 Å². The number of fused-ring (bicyclic) bond motifs is 9. The molecule has 0 spiro atoms. The molecule has 4 aromatic rings. The lowest BCUT2D eigenvalue weighted by Crippen LogP contribution is -2.42. The molecule has 0 radical (unpaired) electrons. The molecule has 2 saturated carbocycles. The number of anilines is 2. The van der Waals surface area contributed by atoms with Crippen molar-refractivity contribution < 1.29 is 40.7 Å². The average molecular weight is 757 g/mol. The Kier molecular flexibility index (Phi) is 7.97. The fourth-order valence-electron chi connectivity index (χ4n) is 8.38. The molecule has 3 aromatic carbocycles. The Morgan fingerprint density at radius 2 is 1.69 bits per heavy atom. The summed E-state index contributed by atoms with van der Waals surface area (Å²) >= 11 is 2.51. The number of primary sulfonamides is 1. The third-order valence-electron chi connectivity index (χ3n) is 10.2. The number of hydrogen-bond donors (Lipinski definition) is 3. The zero-order valence-corrected chi connectivity index (χ0v) is 28.6. The number of rotatable bonds is 7. The number of aromatic amines is 1. The molecule has 2 aliphatic heterocycles.